The molecule has 3 amide bonds. The van der Waals surface area contributed by atoms with Crippen LogP contribution in [0.4, 0.5) is 11.4 Å². The second kappa shape index (κ2) is 15.7. The Morgan fingerprint density at radius 2 is 1.57 bits per heavy atom. The topological polar surface area (TPSA) is 115 Å². The third-order valence-electron chi connectivity index (χ3n) is 6.89. The lowest BCUT2D eigenvalue weighted by atomic mass is 10.1. The highest BCUT2D eigenvalue weighted by Gasteiger charge is 2.21. The number of amides is 3. The number of thioether (sulfide) groups is 1. The van der Waals surface area contributed by atoms with Crippen molar-refractivity contribution in [2.75, 3.05) is 30.5 Å². The molecular weight excluding hydrogens is 602 g/mol. The van der Waals surface area contributed by atoms with Crippen molar-refractivity contribution in [2.45, 2.75) is 30.4 Å². The second-order valence-electron chi connectivity index (χ2n) is 10.2. The van der Waals surface area contributed by atoms with E-state index in [1.807, 2.05) is 44.2 Å². The van der Waals surface area contributed by atoms with E-state index in [4.69, 9.17) is 14.2 Å². The van der Waals surface area contributed by atoms with Crippen LogP contribution in [0.25, 0.3) is 6.08 Å². The van der Waals surface area contributed by atoms with Crippen LogP contribution in [0.1, 0.15) is 36.2 Å². The average Bonchev–Trinajstić information content (AvgIpc) is 3.08. The number of carbonyl (C=O) groups excluding carboxylic acids is 3. The Morgan fingerprint density at radius 3 is 2.35 bits per heavy atom. The van der Waals surface area contributed by atoms with Gasteiger partial charge in [0, 0.05) is 33.5 Å². The van der Waals surface area contributed by atoms with E-state index in [1.54, 1.807) is 72.8 Å². The van der Waals surface area contributed by atoms with Gasteiger partial charge in [0.05, 0.1) is 11.9 Å². The molecule has 1 aliphatic heterocycles. The maximum absolute atomic E-state index is 13.6. The molecule has 3 N–H and O–H groups in total. The summed E-state index contributed by atoms with van der Waals surface area (Å²) in [6, 6.07) is 28.5. The molecule has 0 aliphatic carbocycles. The number of carbonyl (C=O) groups is 3. The first-order valence-corrected chi connectivity index (χ1v) is 15.9. The Balaban J connectivity index is 1.31. The summed E-state index contributed by atoms with van der Waals surface area (Å²) >= 11 is 1.39. The fourth-order valence-corrected chi connectivity index (χ4v) is 5.67. The number of nitrogens with one attached hydrogen (secondary N) is 3. The minimum Gasteiger partial charge on any atom is -0.493 e. The van der Waals surface area contributed by atoms with E-state index >= 15 is 0 Å². The number of para-hydroxylation sites is 1. The van der Waals surface area contributed by atoms with E-state index in [0.717, 1.165) is 4.90 Å². The van der Waals surface area contributed by atoms with Gasteiger partial charge in [-0.2, -0.15) is 0 Å². The zero-order valence-electron chi connectivity index (χ0n) is 25.6. The molecule has 0 fully saturated rings. The van der Waals surface area contributed by atoms with Crippen molar-refractivity contribution in [3.8, 4) is 17.2 Å². The lowest BCUT2D eigenvalue weighted by molar-refractivity contribution is -0.116. The molecule has 1 heterocycles. The molecule has 4 aromatic rings. The first-order valence-electron chi connectivity index (χ1n) is 15.0. The minimum atomic E-state index is -0.513. The van der Waals surface area contributed by atoms with Gasteiger partial charge in [-0.15, -0.1) is 11.8 Å². The summed E-state index contributed by atoms with van der Waals surface area (Å²) in [6.07, 6.45) is 2.17. The van der Waals surface area contributed by atoms with Gasteiger partial charge < -0.3 is 30.2 Å². The number of fused-ring (bicyclic) bond motifs is 1. The van der Waals surface area contributed by atoms with Crippen LogP contribution in [0.2, 0.25) is 0 Å². The van der Waals surface area contributed by atoms with E-state index in [2.05, 4.69) is 16.0 Å². The fraction of sp³-hybridized carbons (Fsp3) is 0.194. The van der Waals surface area contributed by atoms with Crippen LogP contribution in [0.3, 0.4) is 0 Å². The van der Waals surface area contributed by atoms with E-state index in [-0.39, 0.29) is 11.6 Å². The molecule has 236 valence electrons. The van der Waals surface area contributed by atoms with Crippen molar-refractivity contribution in [1.82, 2.24) is 5.32 Å². The number of hydrogen-bond donors (Lipinski definition) is 3. The van der Waals surface area contributed by atoms with Crippen molar-refractivity contribution in [1.29, 1.82) is 0 Å². The zero-order valence-corrected chi connectivity index (χ0v) is 26.4. The highest BCUT2D eigenvalue weighted by molar-refractivity contribution is 8.00. The molecule has 5 rings (SSSR count). The first kappa shape index (κ1) is 32.2. The standard InChI is InChI=1S/C36H35N3O6S/c1-3-33(36(42)38-27-17-18-31-32(23-27)45-20-19-44-31)46-28-15-10-14-26(22-28)37-35(41)29(39-34(40)24-11-6-5-7-12-24)21-25-13-8-9-16-30(25)43-4-2/h5-18,21-23,33H,3-4,19-20H2,1-2H3,(H,37,41)(H,38,42)(H,39,40)/b29-21+. The Bertz CT molecular complexity index is 1730. The first-order chi connectivity index (χ1) is 22.4. The Hall–Kier alpha value is -5.22. The summed E-state index contributed by atoms with van der Waals surface area (Å²) in [6.45, 7) is 5.22. The van der Waals surface area contributed by atoms with Crippen LogP contribution in [0, 0.1) is 0 Å². The molecule has 0 saturated heterocycles. The van der Waals surface area contributed by atoms with Gasteiger partial charge in [-0.25, -0.2) is 0 Å². The highest BCUT2D eigenvalue weighted by atomic mass is 32.2. The summed E-state index contributed by atoms with van der Waals surface area (Å²) in [7, 11) is 0. The zero-order chi connectivity index (χ0) is 32.3. The molecule has 1 unspecified atom stereocenters. The molecular formula is C36H35N3O6S. The molecule has 4 aromatic carbocycles. The van der Waals surface area contributed by atoms with Crippen molar-refractivity contribution >= 4 is 46.9 Å². The Morgan fingerprint density at radius 1 is 0.826 bits per heavy atom. The minimum absolute atomic E-state index is 0.0457. The monoisotopic (exact) mass is 637 g/mol. The van der Waals surface area contributed by atoms with E-state index in [1.165, 1.54) is 11.8 Å². The predicted molar refractivity (Wildman–Crippen MR) is 181 cm³/mol. The van der Waals surface area contributed by atoms with Gasteiger partial charge in [-0.3, -0.25) is 14.4 Å². The molecule has 9 nitrogen and oxygen atoms in total. The Kier molecular flexibility index (Phi) is 11.0. The van der Waals surface area contributed by atoms with Gasteiger partial charge in [-0.05, 0) is 68.0 Å². The number of rotatable bonds is 12. The quantitative estimate of drug-likeness (QED) is 0.116. The molecule has 1 aliphatic rings. The summed E-state index contributed by atoms with van der Waals surface area (Å²) in [5, 5.41) is 8.24. The van der Waals surface area contributed by atoms with Crippen LogP contribution in [-0.2, 0) is 9.59 Å². The number of ether oxygens (including phenoxy) is 3. The SMILES string of the molecule is CCOc1ccccc1/C=C(/NC(=O)c1ccccc1)C(=O)Nc1cccc(SC(CC)C(=O)Nc2ccc3c(c2)OCCO3)c1. The molecule has 0 spiro atoms. The van der Waals surface area contributed by atoms with E-state index in [0.29, 0.717) is 66.0 Å². The highest BCUT2D eigenvalue weighted by Crippen LogP contribution is 2.34. The van der Waals surface area contributed by atoms with Gasteiger partial charge in [0.1, 0.15) is 24.7 Å². The number of benzene rings is 4. The van der Waals surface area contributed by atoms with Crippen LogP contribution in [0.15, 0.2) is 108 Å². The average molecular weight is 638 g/mol. The lowest BCUT2D eigenvalue weighted by Gasteiger charge is -2.20. The van der Waals surface area contributed by atoms with Crippen molar-refractivity contribution in [2.24, 2.45) is 0 Å². The predicted octanol–water partition coefficient (Wildman–Crippen LogP) is 6.78. The largest absolute Gasteiger partial charge is 0.493 e. The molecule has 0 bridgehead atoms. The van der Waals surface area contributed by atoms with Gasteiger partial charge in [0.2, 0.25) is 5.91 Å². The Labute approximate surface area is 272 Å². The summed E-state index contributed by atoms with van der Waals surface area (Å²) in [5.41, 5.74) is 2.23. The molecule has 10 heteroatoms. The van der Waals surface area contributed by atoms with E-state index < -0.39 is 17.1 Å². The second-order valence-corrected chi connectivity index (χ2v) is 11.5. The summed E-state index contributed by atoms with van der Waals surface area (Å²) in [5.74, 6) is 0.753. The molecule has 0 radical (unpaired) electrons. The number of anilines is 2. The summed E-state index contributed by atoms with van der Waals surface area (Å²) < 4.78 is 16.9. The van der Waals surface area contributed by atoms with Crippen LogP contribution in [0.5, 0.6) is 17.2 Å². The maximum atomic E-state index is 13.6. The van der Waals surface area contributed by atoms with E-state index in [9.17, 15) is 14.4 Å². The molecule has 0 aromatic heterocycles. The maximum Gasteiger partial charge on any atom is 0.272 e. The van der Waals surface area contributed by atoms with Crippen molar-refractivity contribution in [3.05, 3.63) is 114 Å². The fourth-order valence-electron chi connectivity index (χ4n) is 4.66. The van der Waals surface area contributed by atoms with Crippen LogP contribution < -0.4 is 30.2 Å². The van der Waals surface area contributed by atoms with Crippen molar-refractivity contribution in [3.63, 3.8) is 0 Å². The van der Waals surface area contributed by atoms with Gasteiger partial charge >= 0.3 is 0 Å². The van der Waals surface area contributed by atoms with Crippen LogP contribution in [-0.4, -0.2) is 42.8 Å². The molecule has 1 atom stereocenters. The smallest absolute Gasteiger partial charge is 0.272 e. The van der Waals surface area contributed by atoms with Crippen LogP contribution >= 0.6 is 11.8 Å². The van der Waals surface area contributed by atoms with Gasteiger partial charge in [0.15, 0.2) is 11.5 Å². The molecule has 0 saturated carbocycles. The third kappa shape index (κ3) is 8.48. The normalized spacial score (nSPS) is 12.9. The third-order valence-corrected chi connectivity index (χ3v) is 8.25. The van der Waals surface area contributed by atoms with Gasteiger partial charge in [-0.1, -0.05) is 49.4 Å². The lowest BCUT2D eigenvalue weighted by Crippen LogP contribution is -2.30. The summed E-state index contributed by atoms with van der Waals surface area (Å²) in [4.78, 5) is 40.7. The van der Waals surface area contributed by atoms with Crippen molar-refractivity contribution < 1.29 is 28.6 Å². The van der Waals surface area contributed by atoms with Gasteiger partial charge in [0.25, 0.3) is 11.8 Å². The number of hydrogen-bond acceptors (Lipinski definition) is 7. The molecule has 46 heavy (non-hydrogen) atoms.